The highest BCUT2D eigenvalue weighted by Crippen LogP contribution is 2.41. The maximum Gasteiger partial charge on any atom is 0.303 e. The van der Waals surface area contributed by atoms with Gasteiger partial charge in [0.1, 0.15) is 0 Å². The van der Waals surface area contributed by atoms with Gasteiger partial charge < -0.3 is 10.4 Å². The molecule has 1 atom stereocenters. The number of hydrogen-bond donors (Lipinski definition) is 2. The number of carboxylic acids is 1. The number of hydrogen-bond acceptors (Lipinski definition) is 2. The number of aliphatic carboxylic acids is 1. The second-order valence-corrected chi connectivity index (χ2v) is 6.57. The number of carbonyl (C=O) groups is 2. The van der Waals surface area contributed by atoms with Gasteiger partial charge in [0.15, 0.2) is 0 Å². The topological polar surface area (TPSA) is 66.4 Å². The summed E-state index contributed by atoms with van der Waals surface area (Å²) in [5, 5.41) is 11.8. The number of carboxylic acid groups (broad SMARTS) is 1. The Kier molecular flexibility index (Phi) is 5.22. The quantitative estimate of drug-likeness (QED) is 0.849. The average molecular weight is 303 g/mol. The number of aryl methyl sites for hydroxylation is 1. The normalized spacial score (nSPS) is 17.9. The molecule has 22 heavy (non-hydrogen) atoms. The van der Waals surface area contributed by atoms with Gasteiger partial charge in [0, 0.05) is 13.0 Å². The molecule has 0 aliphatic heterocycles. The molecular weight excluding hydrogens is 278 g/mol. The van der Waals surface area contributed by atoms with E-state index in [-0.39, 0.29) is 18.2 Å². The first kappa shape index (κ1) is 16.5. The standard InChI is InChI=1S/C18H25NO3/c1-13-6-5-7-15(10-13)18(8-3-4-9-18)17(22)19-12-14(2)11-16(20)21/h5-7,10,14H,3-4,8-9,11-12H2,1-2H3,(H,19,22)(H,20,21). The molecule has 1 saturated carbocycles. The van der Waals surface area contributed by atoms with Crippen LogP contribution in [-0.4, -0.2) is 23.5 Å². The van der Waals surface area contributed by atoms with Crippen molar-refractivity contribution in [3.05, 3.63) is 35.4 Å². The number of rotatable bonds is 6. The van der Waals surface area contributed by atoms with Crippen molar-refractivity contribution in [2.75, 3.05) is 6.54 Å². The maximum atomic E-state index is 12.8. The lowest BCUT2D eigenvalue weighted by molar-refractivity contribution is -0.138. The molecule has 1 aromatic rings. The average Bonchev–Trinajstić information content (AvgIpc) is 2.95. The summed E-state index contributed by atoms with van der Waals surface area (Å²) >= 11 is 0. The van der Waals surface area contributed by atoms with Crippen LogP contribution in [0.15, 0.2) is 24.3 Å². The lowest BCUT2D eigenvalue weighted by atomic mass is 9.77. The Morgan fingerprint density at radius 1 is 1.32 bits per heavy atom. The van der Waals surface area contributed by atoms with Gasteiger partial charge in [-0.3, -0.25) is 9.59 Å². The predicted octanol–water partition coefficient (Wildman–Crippen LogP) is 3.03. The minimum Gasteiger partial charge on any atom is -0.481 e. The Balaban J connectivity index is 2.11. The van der Waals surface area contributed by atoms with Crippen LogP contribution in [0.2, 0.25) is 0 Å². The summed E-state index contributed by atoms with van der Waals surface area (Å²) in [6.07, 6.45) is 3.95. The molecule has 4 heteroatoms. The molecule has 2 rings (SSSR count). The number of benzene rings is 1. The molecular formula is C18H25NO3. The fourth-order valence-electron chi connectivity index (χ4n) is 3.37. The van der Waals surface area contributed by atoms with Gasteiger partial charge in [0.05, 0.1) is 5.41 Å². The molecule has 1 aliphatic carbocycles. The Labute approximate surface area is 131 Å². The molecule has 1 amide bonds. The second kappa shape index (κ2) is 6.95. The zero-order chi connectivity index (χ0) is 16.2. The van der Waals surface area contributed by atoms with E-state index in [0.29, 0.717) is 6.54 Å². The Morgan fingerprint density at radius 3 is 2.59 bits per heavy atom. The van der Waals surface area contributed by atoms with E-state index in [0.717, 1.165) is 36.8 Å². The molecule has 0 heterocycles. The molecule has 0 radical (unpaired) electrons. The van der Waals surface area contributed by atoms with Gasteiger partial charge in [0.2, 0.25) is 5.91 Å². The van der Waals surface area contributed by atoms with E-state index in [2.05, 4.69) is 11.4 Å². The lowest BCUT2D eigenvalue weighted by Crippen LogP contribution is -2.44. The van der Waals surface area contributed by atoms with Crippen LogP contribution < -0.4 is 5.32 Å². The Hall–Kier alpha value is -1.84. The van der Waals surface area contributed by atoms with Crippen LogP contribution in [0.5, 0.6) is 0 Å². The Bertz CT molecular complexity index is 547. The van der Waals surface area contributed by atoms with Crippen LogP contribution in [0.4, 0.5) is 0 Å². The maximum absolute atomic E-state index is 12.8. The summed E-state index contributed by atoms with van der Waals surface area (Å²) in [6.45, 7) is 4.31. The van der Waals surface area contributed by atoms with Gasteiger partial charge in [-0.05, 0) is 31.2 Å². The molecule has 1 unspecified atom stereocenters. The minimum atomic E-state index is -0.823. The summed E-state index contributed by atoms with van der Waals surface area (Å²) in [5.74, 6) is -0.832. The number of amides is 1. The van der Waals surface area contributed by atoms with Crippen molar-refractivity contribution in [1.29, 1.82) is 0 Å². The molecule has 0 aromatic heterocycles. The van der Waals surface area contributed by atoms with E-state index in [1.165, 1.54) is 0 Å². The minimum absolute atomic E-state index is 0.0489. The second-order valence-electron chi connectivity index (χ2n) is 6.57. The highest BCUT2D eigenvalue weighted by molar-refractivity contribution is 5.88. The van der Waals surface area contributed by atoms with Crippen molar-refractivity contribution in [2.45, 2.75) is 51.4 Å². The number of nitrogens with one attached hydrogen (secondary N) is 1. The third kappa shape index (κ3) is 3.67. The number of carbonyl (C=O) groups excluding carboxylic acids is 1. The van der Waals surface area contributed by atoms with Crippen molar-refractivity contribution < 1.29 is 14.7 Å². The fraction of sp³-hybridized carbons (Fsp3) is 0.556. The van der Waals surface area contributed by atoms with Crippen LogP contribution in [0.1, 0.15) is 50.2 Å². The van der Waals surface area contributed by atoms with Crippen molar-refractivity contribution in [1.82, 2.24) is 5.32 Å². The molecule has 1 aromatic carbocycles. The molecule has 0 spiro atoms. The van der Waals surface area contributed by atoms with Gasteiger partial charge in [-0.25, -0.2) is 0 Å². The van der Waals surface area contributed by atoms with Crippen LogP contribution in [-0.2, 0) is 15.0 Å². The molecule has 120 valence electrons. The highest BCUT2D eigenvalue weighted by atomic mass is 16.4. The van der Waals surface area contributed by atoms with Crippen molar-refractivity contribution in [2.24, 2.45) is 5.92 Å². The summed E-state index contributed by atoms with van der Waals surface area (Å²) in [4.78, 5) is 23.5. The van der Waals surface area contributed by atoms with E-state index < -0.39 is 11.4 Å². The first-order chi connectivity index (χ1) is 10.4. The van der Waals surface area contributed by atoms with Gasteiger partial charge in [0.25, 0.3) is 0 Å². The molecule has 1 fully saturated rings. The van der Waals surface area contributed by atoms with Gasteiger partial charge >= 0.3 is 5.97 Å². The van der Waals surface area contributed by atoms with Crippen LogP contribution in [0.3, 0.4) is 0 Å². The summed E-state index contributed by atoms with van der Waals surface area (Å²) < 4.78 is 0. The first-order valence-electron chi connectivity index (χ1n) is 8.01. The van der Waals surface area contributed by atoms with Crippen LogP contribution >= 0.6 is 0 Å². The van der Waals surface area contributed by atoms with Gasteiger partial charge in [-0.2, -0.15) is 0 Å². The summed E-state index contributed by atoms with van der Waals surface area (Å²) in [5.41, 5.74) is 1.82. The summed E-state index contributed by atoms with van der Waals surface area (Å²) in [6, 6.07) is 8.19. The van der Waals surface area contributed by atoms with E-state index in [1.54, 1.807) is 0 Å². The third-order valence-electron chi connectivity index (χ3n) is 4.60. The Morgan fingerprint density at radius 2 is 2.00 bits per heavy atom. The van der Waals surface area contributed by atoms with E-state index in [9.17, 15) is 9.59 Å². The van der Waals surface area contributed by atoms with E-state index in [1.807, 2.05) is 32.0 Å². The van der Waals surface area contributed by atoms with Crippen LogP contribution in [0.25, 0.3) is 0 Å². The smallest absolute Gasteiger partial charge is 0.303 e. The molecule has 2 N–H and O–H groups in total. The van der Waals surface area contributed by atoms with Crippen molar-refractivity contribution in [3.63, 3.8) is 0 Å². The molecule has 0 bridgehead atoms. The molecule has 4 nitrogen and oxygen atoms in total. The van der Waals surface area contributed by atoms with Gasteiger partial charge in [-0.1, -0.05) is 49.6 Å². The van der Waals surface area contributed by atoms with Crippen molar-refractivity contribution in [3.8, 4) is 0 Å². The molecule has 1 aliphatic rings. The van der Waals surface area contributed by atoms with E-state index >= 15 is 0 Å². The molecule has 0 saturated heterocycles. The zero-order valence-corrected chi connectivity index (χ0v) is 13.4. The fourth-order valence-corrected chi connectivity index (χ4v) is 3.37. The van der Waals surface area contributed by atoms with Crippen LogP contribution in [0, 0.1) is 12.8 Å². The largest absolute Gasteiger partial charge is 0.481 e. The SMILES string of the molecule is Cc1cccc(C2(C(=O)NCC(C)CC(=O)O)CCCC2)c1. The third-order valence-corrected chi connectivity index (χ3v) is 4.60. The summed E-state index contributed by atoms with van der Waals surface area (Å²) in [7, 11) is 0. The highest BCUT2D eigenvalue weighted by Gasteiger charge is 2.42. The van der Waals surface area contributed by atoms with Crippen molar-refractivity contribution >= 4 is 11.9 Å². The first-order valence-corrected chi connectivity index (χ1v) is 8.01. The zero-order valence-electron chi connectivity index (χ0n) is 13.4. The lowest BCUT2D eigenvalue weighted by Gasteiger charge is -2.29. The monoisotopic (exact) mass is 303 g/mol. The van der Waals surface area contributed by atoms with E-state index in [4.69, 9.17) is 5.11 Å². The predicted molar refractivity (Wildman–Crippen MR) is 85.8 cm³/mol. The van der Waals surface area contributed by atoms with Gasteiger partial charge in [-0.15, -0.1) is 0 Å².